The van der Waals surface area contributed by atoms with Crippen LogP contribution in [0.3, 0.4) is 0 Å². The van der Waals surface area contributed by atoms with E-state index in [4.69, 9.17) is 9.47 Å². The molecule has 70 valence electrons. The molecule has 0 amide bonds. The first kappa shape index (κ1) is 9.23. The van der Waals surface area contributed by atoms with Crippen molar-refractivity contribution >= 4 is 22.6 Å². The van der Waals surface area contributed by atoms with E-state index in [0.29, 0.717) is 18.8 Å². The van der Waals surface area contributed by atoms with Crippen molar-refractivity contribution in [3.63, 3.8) is 0 Å². The third-order valence-corrected chi connectivity index (χ3v) is 2.54. The van der Waals surface area contributed by atoms with E-state index in [1.807, 2.05) is 12.1 Å². The maximum absolute atomic E-state index is 9.53. The first-order chi connectivity index (χ1) is 6.27. The number of hydrogen-bond acceptors (Lipinski definition) is 3. The van der Waals surface area contributed by atoms with Gasteiger partial charge in [0.15, 0.2) is 6.29 Å². The van der Waals surface area contributed by atoms with E-state index in [1.54, 1.807) is 6.07 Å². The van der Waals surface area contributed by atoms with Crippen molar-refractivity contribution < 1.29 is 14.6 Å². The molecule has 0 spiro atoms. The van der Waals surface area contributed by atoms with Crippen LogP contribution in [0.2, 0.25) is 0 Å². The van der Waals surface area contributed by atoms with E-state index < -0.39 is 6.29 Å². The number of benzene rings is 1. The summed E-state index contributed by atoms with van der Waals surface area (Å²) in [5.74, 6) is 0.229. The Morgan fingerprint density at radius 2 is 2.00 bits per heavy atom. The number of rotatable bonds is 1. The predicted molar refractivity (Wildman–Crippen MR) is 55.5 cm³/mol. The van der Waals surface area contributed by atoms with Gasteiger partial charge in [-0.3, -0.25) is 0 Å². The summed E-state index contributed by atoms with van der Waals surface area (Å²) in [7, 11) is 0. The summed E-state index contributed by atoms with van der Waals surface area (Å²) >= 11 is 2.19. The molecule has 1 heterocycles. The Bertz CT molecular complexity index is 308. The fraction of sp³-hybridized carbons (Fsp3) is 0.333. The molecule has 0 bridgehead atoms. The van der Waals surface area contributed by atoms with E-state index in [-0.39, 0.29) is 5.75 Å². The minimum atomic E-state index is -0.394. The van der Waals surface area contributed by atoms with Crippen LogP contribution in [-0.4, -0.2) is 18.3 Å². The van der Waals surface area contributed by atoms with E-state index in [2.05, 4.69) is 22.6 Å². The van der Waals surface area contributed by atoms with Crippen LogP contribution >= 0.6 is 22.6 Å². The Morgan fingerprint density at radius 3 is 2.69 bits per heavy atom. The monoisotopic (exact) mass is 292 g/mol. The molecule has 0 saturated carbocycles. The third-order valence-electron chi connectivity index (χ3n) is 1.87. The summed E-state index contributed by atoms with van der Waals surface area (Å²) in [5.41, 5.74) is 0.712. The molecular weight excluding hydrogens is 283 g/mol. The van der Waals surface area contributed by atoms with Gasteiger partial charge in [0, 0.05) is 3.57 Å². The lowest BCUT2D eigenvalue weighted by atomic mass is 10.2. The molecule has 2 rings (SSSR count). The van der Waals surface area contributed by atoms with Gasteiger partial charge in [-0.25, -0.2) is 0 Å². The smallest absolute Gasteiger partial charge is 0.187 e. The topological polar surface area (TPSA) is 38.7 Å². The average Bonchev–Trinajstić information content (AvgIpc) is 2.61. The molecule has 0 aliphatic carbocycles. The second-order valence-corrected chi connectivity index (χ2v) is 4.02. The zero-order valence-corrected chi connectivity index (χ0v) is 9.02. The zero-order chi connectivity index (χ0) is 9.26. The number of phenols is 1. The van der Waals surface area contributed by atoms with E-state index >= 15 is 0 Å². The van der Waals surface area contributed by atoms with Gasteiger partial charge in [-0.15, -0.1) is 0 Å². The Hall–Kier alpha value is -0.330. The standard InChI is InChI=1S/C9H9IO3/c10-6-1-2-8(11)7(5-6)9-12-3-4-13-9/h1-2,5,9,11H,3-4H2. The van der Waals surface area contributed by atoms with Gasteiger partial charge in [0.05, 0.1) is 18.8 Å². The lowest BCUT2D eigenvalue weighted by molar-refractivity contribution is -0.0455. The first-order valence-corrected chi connectivity index (χ1v) is 5.07. The molecule has 1 saturated heterocycles. The van der Waals surface area contributed by atoms with Crippen LogP contribution in [0.25, 0.3) is 0 Å². The lowest BCUT2D eigenvalue weighted by Crippen LogP contribution is -1.98. The van der Waals surface area contributed by atoms with Crippen LogP contribution in [0.4, 0.5) is 0 Å². The fourth-order valence-electron chi connectivity index (χ4n) is 1.25. The maximum Gasteiger partial charge on any atom is 0.187 e. The molecule has 0 aromatic heterocycles. The Balaban J connectivity index is 2.32. The second kappa shape index (κ2) is 3.81. The molecule has 4 heteroatoms. The highest BCUT2D eigenvalue weighted by Gasteiger charge is 2.21. The summed E-state index contributed by atoms with van der Waals surface area (Å²) in [5, 5.41) is 9.53. The van der Waals surface area contributed by atoms with E-state index in [0.717, 1.165) is 3.57 Å². The molecule has 3 nitrogen and oxygen atoms in total. The number of ether oxygens (including phenoxy) is 2. The summed E-state index contributed by atoms with van der Waals surface area (Å²) in [4.78, 5) is 0. The number of aromatic hydroxyl groups is 1. The molecular formula is C9H9IO3. The quantitative estimate of drug-likeness (QED) is 0.805. The van der Waals surface area contributed by atoms with Gasteiger partial charge >= 0.3 is 0 Å². The van der Waals surface area contributed by atoms with Gasteiger partial charge in [-0.2, -0.15) is 0 Å². The second-order valence-electron chi connectivity index (χ2n) is 2.78. The van der Waals surface area contributed by atoms with Crippen LogP contribution in [0.1, 0.15) is 11.9 Å². The molecule has 13 heavy (non-hydrogen) atoms. The maximum atomic E-state index is 9.53. The van der Waals surface area contributed by atoms with Crippen molar-refractivity contribution in [2.45, 2.75) is 6.29 Å². The minimum Gasteiger partial charge on any atom is -0.507 e. The summed E-state index contributed by atoms with van der Waals surface area (Å²) in [6.45, 7) is 1.19. The van der Waals surface area contributed by atoms with Crippen molar-refractivity contribution in [3.8, 4) is 5.75 Å². The Morgan fingerprint density at radius 1 is 1.31 bits per heavy atom. The first-order valence-electron chi connectivity index (χ1n) is 3.99. The van der Waals surface area contributed by atoms with E-state index in [9.17, 15) is 5.11 Å². The summed E-state index contributed by atoms with van der Waals surface area (Å²) in [6, 6.07) is 5.36. The molecule has 1 aliphatic rings. The molecule has 1 aromatic carbocycles. The van der Waals surface area contributed by atoms with Crippen molar-refractivity contribution in [2.75, 3.05) is 13.2 Å². The van der Waals surface area contributed by atoms with Crippen molar-refractivity contribution in [1.29, 1.82) is 0 Å². The summed E-state index contributed by atoms with van der Waals surface area (Å²) < 4.78 is 11.6. The Kier molecular flexibility index (Phi) is 2.71. The highest BCUT2D eigenvalue weighted by Crippen LogP contribution is 2.31. The average molecular weight is 292 g/mol. The van der Waals surface area contributed by atoms with Crippen molar-refractivity contribution in [3.05, 3.63) is 27.3 Å². The number of phenolic OH excluding ortho intramolecular Hbond substituents is 1. The van der Waals surface area contributed by atoms with Crippen LogP contribution in [-0.2, 0) is 9.47 Å². The van der Waals surface area contributed by atoms with Crippen molar-refractivity contribution in [2.24, 2.45) is 0 Å². The molecule has 0 unspecified atom stereocenters. The number of halogens is 1. The van der Waals surface area contributed by atoms with Gasteiger partial charge < -0.3 is 14.6 Å². The van der Waals surface area contributed by atoms with Gasteiger partial charge in [0.1, 0.15) is 5.75 Å². The summed E-state index contributed by atoms with van der Waals surface area (Å²) in [6.07, 6.45) is -0.394. The molecule has 1 aromatic rings. The predicted octanol–water partition coefficient (Wildman–Crippen LogP) is 2.04. The van der Waals surface area contributed by atoms with Crippen LogP contribution in [0, 0.1) is 3.57 Å². The van der Waals surface area contributed by atoms with Gasteiger partial charge in [-0.1, -0.05) is 0 Å². The molecule has 0 atom stereocenters. The third kappa shape index (κ3) is 1.95. The normalized spacial score (nSPS) is 17.9. The van der Waals surface area contributed by atoms with Crippen LogP contribution in [0.15, 0.2) is 18.2 Å². The molecule has 1 fully saturated rings. The van der Waals surface area contributed by atoms with Gasteiger partial charge in [0.2, 0.25) is 0 Å². The van der Waals surface area contributed by atoms with Crippen LogP contribution in [0.5, 0.6) is 5.75 Å². The van der Waals surface area contributed by atoms with Crippen molar-refractivity contribution in [1.82, 2.24) is 0 Å². The van der Waals surface area contributed by atoms with Crippen LogP contribution < -0.4 is 0 Å². The Labute approximate surface area is 89.8 Å². The van der Waals surface area contributed by atoms with Gasteiger partial charge in [0.25, 0.3) is 0 Å². The highest BCUT2D eigenvalue weighted by atomic mass is 127. The molecule has 1 aliphatic heterocycles. The SMILES string of the molecule is Oc1ccc(I)cc1C1OCCO1. The van der Waals surface area contributed by atoms with Gasteiger partial charge in [-0.05, 0) is 40.8 Å². The molecule has 1 N–H and O–H groups in total. The minimum absolute atomic E-state index is 0.229. The zero-order valence-electron chi connectivity index (χ0n) is 6.87. The highest BCUT2D eigenvalue weighted by molar-refractivity contribution is 14.1. The molecule has 0 radical (unpaired) electrons. The largest absolute Gasteiger partial charge is 0.507 e. The number of hydrogen-bond donors (Lipinski definition) is 1. The fourth-order valence-corrected chi connectivity index (χ4v) is 1.77. The lowest BCUT2D eigenvalue weighted by Gasteiger charge is -2.11. The van der Waals surface area contributed by atoms with E-state index in [1.165, 1.54) is 0 Å².